The summed E-state index contributed by atoms with van der Waals surface area (Å²) in [6.07, 6.45) is 4.82. The first-order chi connectivity index (χ1) is 8.13. The van der Waals surface area contributed by atoms with E-state index in [1.807, 2.05) is 19.9 Å². The molecule has 3 N–H and O–H groups in total. The molecule has 4 nitrogen and oxygen atoms in total. The fourth-order valence-corrected chi connectivity index (χ4v) is 2.56. The Morgan fingerprint density at radius 3 is 2.65 bits per heavy atom. The second-order valence-electron chi connectivity index (χ2n) is 5.15. The Morgan fingerprint density at radius 2 is 2.00 bits per heavy atom. The summed E-state index contributed by atoms with van der Waals surface area (Å²) >= 11 is 0. The van der Waals surface area contributed by atoms with Gasteiger partial charge in [-0.15, -0.1) is 0 Å². The van der Waals surface area contributed by atoms with Crippen LogP contribution in [-0.4, -0.2) is 22.6 Å². The van der Waals surface area contributed by atoms with Gasteiger partial charge in [0.1, 0.15) is 0 Å². The lowest BCUT2D eigenvalue weighted by Gasteiger charge is -2.26. The Kier molecular flexibility index (Phi) is 3.94. The van der Waals surface area contributed by atoms with E-state index in [2.05, 4.69) is 15.3 Å². The minimum Gasteiger partial charge on any atom is -0.354 e. The minimum absolute atomic E-state index is 0.385. The van der Waals surface area contributed by atoms with Gasteiger partial charge in [0.15, 0.2) is 0 Å². The lowest BCUT2D eigenvalue weighted by molar-refractivity contribution is 0.334. The van der Waals surface area contributed by atoms with Crippen LogP contribution in [0.1, 0.15) is 37.1 Å². The predicted octanol–water partition coefficient (Wildman–Crippen LogP) is 2.02. The first kappa shape index (κ1) is 12.3. The maximum atomic E-state index is 5.98. The van der Waals surface area contributed by atoms with E-state index >= 15 is 0 Å². The van der Waals surface area contributed by atoms with Gasteiger partial charge in [-0.25, -0.2) is 9.97 Å². The number of hydrogen-bond donors (Lipinski definition) is 2. The van der Waals surface area contributed by atoms with Crippen LogP contribution in [0.15, 0.2) is 6.07 Å². The van der Waals surface area contributed by atoms with Crippen LogP contribution in [0.4, 0.5) is 5.95 Å². The number of hydrogen-bond acceptors (Lipinski definition) is 4. The zero-order chi connectivity index (χ0) is 12.3. The van der Waals surface area contributed by atoms with Crippen LogP contribution in [0.2, 0.25) is 0 Å². The van der Waals surface area contributed by atoms with Crippen molar-refractivity contribution in [2.45, 2.75) is 45.6 Å². The van der Waals surface area contributed by atoms with Gasteiger partial charge < -0.3 is 11.1 Å². The molecule has 2 unspecified atom stereocenters. The fourth-order valence-electron chi connectivity index (χ4n) is 2.56. The largest absolute Gasteiger partial charge is 0.354 e. The van der Waals surface area contributed by atoms with E-state index in [0.29, 0.717) is 12.0 Å². The molecule has 1 aromatic rings. The molecular weight excluding hydrogens is 212 g/mol. The van der Waals surface area contributed by atoms with Crippen LogP contribution < -0.4 is 11.1 Å². The van der Waals surface area contributed by atoms with Crippen molar-refractivity contribution in [2.75, 3.05) is 11.9 Å². The summed E-state index contributed by atoms with van der Waals surface area (Å²) < 4.78 is 0. The van der Waals surface area contributed by atoms with Gasteiger partial charge in [0.05, 0.1) is 0 Å². The van der Waals surface area contributed by atoms with Gasteiger partial charge in [-0.05, 0) is 45.1 Å². The summed E-state index contributed by atoms with van der Waals surface area (Å²) in [6.45, 7) is 4.93. The molecule has 0 bridgehead atoms. The summed E-state index contributed by atoms with van der Waals surface area (Å²) in [4.78, 5) is 8.77. The van der Waals surface area contributed by atoms with Gasteiger partial charge in [0, 0.05) is 24.0 Å². The lowest BCUT2D eigenvalue weighted by atomic mass is 9.86. The highest BCUT2D eigenvalue weighted by Crippen LogP contribution is 2.23. The Hall–Kier alpha value is -1.16. The average molecular weight is 234 g/mol. The quantitative estimate of drug-likeness (QED) is 0.840. The Bertz CT molecular complexity index is 357. The van der Waals surface area contributed by atoms with Crippen LogP contribution in [0.25, 0.3) is 0 Å². The molecule has 2 rings (SSSR count). The lowest BCUT2D eigenvalue weighted by Crippen LogP contribution is -2.31. The second-order valence-corrected chi connectivity index (χ2v) is 5.15. The zero-order valence-electron chi connectivity index (χ0n) is 10.7. The highest BCUT2D eigenvalue weighted by molar-refractivity contribution is 5.27. The van der Waals surface area contributed by atoms with E-state index < -0.39 is 0 Å². The molecule has 4 heteroatoms. The van der Waals surface area contributed by atoms with Gasteiger partial charge in [-0.1, -0.05) is 6.42 Å². The molecule has 1 saturated carbocycles. The number of rotatable bonds is 3. The van der Waals surface area contributed by atoms with E-state index in [0.717, 1.165) is 30.3 Å². The topological polar surface area (TPSA) is 63.8 Å². The maximum absolute atomic E-state index is 5.98. The molecule has 1 aliphatic rings. The van der Waals surface area contributed by atoms with E-state index in [1.54, 1.807) is 0 Å². The van der Waals surface area contributed by atoms with Crippen LogP contribution in [0.5, 0.6) is 0 Å². The van der Waals surface area contributed by atoms with Crippen molar-refractivity contribution in [3.63, 3.8) is 0 Å². The van der Waals surface area contributed by atoms with Crippen molar-refractivity contribution < 1.29 is 0 Å². The molecular formula is C13H22N4. The molecule has 94 valence electrons. The van der Waals surface area contributed by atoms with Gasteiger partial charge in [-0.2, -0.15) is 0 Å². The molecule has 17 heavy (non-hydrogen) atoms. The summed E-state index contributed by atoms with van der Waals surface area (Å²) in [5.74, 6) is 1.42. The third-order valence-electron chi connectivity index (χ3n) is 3.35. The van der Waals surface area contributed by atoms with Crippen molar-refractivity contribution >= 4 is 5.95 Å². The molecule has 0 radical (unpaired) electrons. The minimum atomic E-state index is 0.385. The average Bonchev–Trinajstić information content (AvgIpc) is 2.25. The van der Waals surface area contributed by atoms with Crippen molar-refractivity contribution in [3.05, 3.63) is 17.5 Å². The maximum Gasteiger partial charge on any atom is 0.223 e. The number of anilines is 1. The third kappa shape index (κ3) is 3.66. The highest BCUT2D eigenvalue weighted by Gasteiger charge is 2.19. The first-order valence-electron chi connectivity index (χ1n) is 6.45. The number of aryl methyl sites for hydroxylation is 2. The number of nitrogens with one attached hydrogen (secondary N) is 1. The Balaban J connectivity index is 1.88. The van der Waals surface area contributed by atoms with E-state index in [4.69, 9.17) is 5.73 Å². The normalized spacial score (nSPS) is 24.6. The SMILES string of the molecule is Cc1cc(C)nc(NCC2CCCC(N)C2)n1. The molecule has 0 amide bonds. The van der Waals surface area contributed by atoms with Crippen molar-refractivity contribution in [1.29, 1.82) is 0 Å². The van der Waals surface area contributed by atoms with Crippen molar-refractivity contribution in [2.24, 2.45) is 11.7 Å². The monoisotopic (exact) mass is 234 g/mol. The zero-order valence-corrected chi connectivity index (χ0v) is 10.7. The fraction of sp³-hybridized carbons (Fsp3) is 0.692. The van der Waals surface area contributed by atoms with E-state index in [1.165, 1.54) is 19.3 Å². The molecule has 1 heterocycles. The van der Waals surface area contributed by atoms with Gasteiger partial charge in [0.2, 0.25) is 5.95 Å². The van der Waals surface area contributed by atoms with Crippen LogP contribution in [0, 0.1) is 19.8 Å². The number of nitrogens with two attached hydrogens (primary N) is 1. The molecule has 1 fully saturated rings. The number of nitrogens with zero attached hydrogens (tertiary/aromatic N) is 2. The molecule has 2 atom stereocenters. The van der Waals surface area contributed by atoms with Crippen LogP contribution in [-0.2, 0) is 0 Å². The van der Waals surface area contributed by atoms with E-state index in [-0.39, 0.29) is 0 Å². The van der Waals surface area contributed by atoms with Gasteiger partial charge in [0.25, 0.3) is 0 Å². The smallest absolute Gasteiger partial charge is 0.223 e. The summed E-state index contributed by atoms with van der Waals surface area (Å²) in [7, 11) is 0. The predicted molar refractivity (Wildman–Crippen MR) is 69.9 cm³/mol. The summed E-state index contributed by atoms with van der Waals surface area (Å²) in [6, 6.07) is 2.37. The van der Waals surface area contributed by atoms with Crippen LogP contribution >= 0.6 is 0 Å². The Morgan fingerprint density at radius 1 is 1.29 bits per heavy atom. The van der Waals surface area contributed by atoms with E-state index in [9.17, 15) is 0 Å². The molecule has 1 aromatic heterocycles. The second kappa shape index (κ2) is 5.45. The standard InChI is InChI=1S/C13H22N4/c1-9-6-10(2)17-13(16-9)15-8-11-4-3-5-12(14)7-11/h6,11-12H,3-5,7-8,14H2,1-2H3,(H,15,16,17). The first-order valence-corrected chi connectivity index (χ1v) is 6.45. The molecule has 1 aliphatic carbocycles. The summed E-state index contributed by atoms with van der Waals surface area (Å²) in [5.41, 5.74) is 8.01. The molecule has 0 spiro atoms. The van der Waals surface area contributed by atoms with Crippen LogP contribution in [0.3, 0.4) is 0 Å². The third-order valence-corrected chi connectivity index (χ3v) is 3.35. The Labute approximate surface area is 103 Å². The van der Waals surface area contributed by atoms with Gasteiger partial charge >= 0.3 is 0 Å². The van der Waals surface area contributed by atoms with Crippen molar-refractivity contribution in [1.82, 2.24) is 9.97 Å². The molecule has 0 aliphatic heterocycles. The molecule has 0 saturated heterocycles. The summed E-state index contributed by atoms with van der Waals surface area (Å²) in [5, 5.41) is 3.34. The van der Waals surface area contributed by atoms with Gasteiger partial charge in [-0.3, -0.25) is 0 Å². The highest BCUT2D eigenvalue weighted by atomic mass is 15.1. The molecule has 0 aromatic carbocycles. The number of aromatic nitrogens is 2. The van der Waals surface area contributed by atoms with Crippen molar-refractivity contribution in [3.8, 4) is 0 Å².